The summed E-state index contributed by atoms with van der Waals surface area (Å²) >= 11 is 0. The van der Waals surface area contributed by atoms with E-state index >= 15 is 0 Å². The van der Waals surface area contributed by atoms with Gasteiger partial charge in [-0.25, -0.2) is 9.59 Å². The van der Waals surface area contributed by atoms with Crippen LogP contribution in [0.1, 0.15) is 18.9 Å². The Balaban J connectivity index is 2.45. The molecule has 0 aliphatic rings. The number of carboxylic acid groups (broad SMARTS) is 2. The topological polar surface area (TPSA) is 142 Å². The zero-order chi connectivity index (χ0) is 18.1. The van der Waals surface area contributed by atoms with Crippen LogP contribution in [0.5, 0.6) is 0 Å². The Morgan fingerprint density at radius 1 is 1.08 bits per heavy atom. The molecule has 0 fully saturated rings. The molecule has 9 nitrogen and oxygen atoms in total. The molecule has 0 unspecified atom stereocenters. The summed E-state index contributed by atoms with van der Waals surface area (Å²) in [6, 6.07) is 6.21. The van der Waals surface area contributed by atoms with Crippen molar-refractivity contribution in [3.8, 4) is 0 Å². The predicted octanol–water partition coefficient (Wildman–Crippen LogP) is 0.345. The zero-order valence-corrected chi connectivity index (χ0v) is 12.9. The molecule has 2 amide bonds. The number of benzene rings is 1. The second-order valence-corrected chi connectivity index (χ2v) is 4.93. The highest BCUT2D eigenvalue weighted by molar-refractivity contribution is 5.90. The highest BCUT2D eigenvalue weighted by atomic mass is 16.5. The fraction of sp³-hybridized carbons (Fsp3) is 0.333. The Morgan fingerprint density at radius 3 is 2.25 bits per heavy atom. The number of rotatable bonds is 8. The van der Waals surface area contributed by atoms with Gasteiger partial charge in [-0.2, -0.15) is 0 Å². The minimum atomic E-state index is -1.58. The number of nitrogens with one attached hydrogen (secondary N) is 2. The van der Waals surface area contributed by atoms with Crippen molar-refractivity contribution in [3.05, 3.63) is 35.9 Å². The molecule has 0 spiro atoms. The monoisotopic (exact) mass is 338 g/mol. The smallest absolute Gasteiger partial charge is 0.408 e. The van der Waals surface area contributed by atoms with Gasteiger partial charge in [0.05, 0.1) is 6.42 Å². The fourth-order valence-electron chi connectivity index (χ4n) is 1.68. The predicted molar refractivity (Wildman–Crippen MR) is 81.0 cm³/mol. The van der Waals surface area contributed by atoms with Crippen LogP contribution in [0.2, 0.25) is 0 Å². The van der Waals surface area contributed by atoms with Crippen molar-refractivity contribution in [2.24, 2.45) is 0 Å². The second kappa shape index (κ2) is 9.13. The van der Waals surface area contributed by atoms with E-state index in [4.69, 9.17) is 14.9 Å². The highest BCUT2D eigenvalue weighted by Crippen LogP contribution is 2.01. The molecule has 0 aromatic heterocycles. The van der Waals surface area contributed by atoms with Gasteiger partial charge in [-0.3, -0.25) is 9.59 Å². The van der Waals surface area contributed by atoms with Crippen molar-refractivity contribution >= 4 is 23.9 Å². The van der Waals surface area contributed by atoms with Gasteiger partial charge in [-0.15, -0.1) is 0 Å². The molecule has 24 heavy (non-hydrogen) atoms. The van der Waals surface area contributed by atoms with Crippen LogP contribution in [0.15, 0.2) is 30.3 Å². The number of hydrogen-bond donors (Lipinski definition) is 4. The van der Waals surface area contributed by atoms with Crippen molar-refractivity contribution < 1.29 is 34.1 Å². The third-order valence-corrected chi connectivity index (χ3v) is 2.93. The summed E-state index contributed by atoms with van der Waals surface area (Å²) in [6.07, 6.45) is -1.63. The number of alkyl carbamates (subject to hydrolysis) is 1. The largest absolute Gasteiger partial charge is 0.481 e. The van der Waals surface area contributed by atoms with Crippen molar-refractivity contribution in [1.29, 1.82) is 0 Å². The molecule has 1 rings (SSSR count). The molecular formula is C15H18N2O7. The van der Waals surface area contributed by atoms with E-state index < -0.39 is 42.4 Å². The number of carbonyl (C=O) groups excluding carboxylic acids is 2. The normalized spacial score (nSPS) is 12.5. The molecule has 0 bridgehead atoms. The Bertz CT molecular complexity index is 603. The average molecular weight is 338 g/mol. The summed E-state index contributed by atoms with van der Waals surface area (Å²) in [6.45, 7) is 1.33. The molecule has 1 aromatic carbocycles. The SMILES string of the molecule is C[C@@H](NC(=O)OCc1ccccc1)C(=O)N[C@@H](CC(=O)O)C(=O)O. The third-order valence-electron chi connectivity index (χ3n) is 2.93. The number of amides is 2. The lowest BCUT2D eigenvalue weighted by atomic mass is 10.2. The first-order valence-electron chi connectivity index (χ1n) is 7.01. The number of aliphatic carboxylic acids is 2. The summed E-state index contributed by atoms with van der Waals surface area (Å²) in [5.74, 6) is -3.68. The number of carboxylic acids is 2. The van der Waals surface area contributed by atoms with E-state index in [0.717, 1.165) is 5.56 Å². The lowest BCUT2D eigenvalue weighted by Crippen LogP contribution is -2.51. The summed E-state index contributed by atoms with van der Waals surface area (Å²) in [5.41, 5.74) is 0.761. The summed E-state index contributed by atoms with van der Waals surface area (Å²) < 4.78 is 4.93. The van der Waals surface area contributed by atoms with Gasteiger partial charge in [0.25, 0.3) is 0 Å². The molecule has 0 saturated carbocycles. The van der Waals surface area contributed by atoms with Gasteiger partial charge >= 0.3 is 18.0 Å². The van der Waals surface area contributed by atoms with Crippen LogP contribution in [-0.2, 0) is 25.7 Å². The molecular weight excluding hydrogens is 320 g/mol. The number of carbonyl (C=O) groups is 4. The van der Waals surface area contributed by atoms with E-state index in [0.29, 0.717) is 0 Å². The molecule has 0 heterocycles. The minimum absolute atomic E-state index is 0.0117. The van der Waals surface area contributed by atoms with Gasteiger partial charge in [0, 0.05) is 0 Å². The lowest BCUT2D eigenvalue weighted by molar-refractivity contribution is -0.147. The van der Waals surface area contributed by atoms with E-state index in [9.17, 15) is 19.2 Å². The molecule has 0 aliphatic heterocycles. The van der Waals surface area contributed by atoms with Crippen LogP contribution in [0.4, 0.5) is 4.79 Å². The summed E-state index contributed by atoms with van der Waals surface area (Å²) in [7, 11) is 0. The maximum absolute atomic E-state index is 11.8. The Hall–Kier alpha value is -3.10. The van der Waals surface area contributed by atoms with Gasteiger partial charge < -0.3 is 25.6 Å². The highest BCUT2D eigenvalue weighted by Gasteiger charge is 2.26. The number of hydrogen-bond acceptors (Lipinski definition) is 5. The molecule has 4 N–H and O–H groups in total. The quantitative estimate of drug-likeness (QED) is 0.535. The van der Waals surface area contributed by atoms with Crippen molar-refractivity contribution in [1.82, 2.24) is 10.6 Å². The number of ether oxygens (including phenoxy) is 1. The van der Waals surface area contributed by atoms with Crippen molar-refractivity contribution in [2.75, 3.05) is 0 Å². The summed E-state index contributed by atoms with van der Waals surface area (Å²) in [5, 5.41) is 21.7. The first kappa shape index (κ1) is 18.9. The second-order valence-electron chi connectivity index (χ2n) is 4.93. The van der Waals surface area contributed by atoms with Gasteiger partial charge in [-0.05, 0) is 12.5 Å². The Kier molecular flexibility index (Phi) is 7.21. The third kappa shape index (κ3) is 6.77. The first-order valence-corrected chi connectivity index (χ1v) is 7.01. The van der Waals surface area contributed by atoms with E-state index in [1.165, 1.54) is 6.92 Å². The van der Waals surface area contributed by atoms with E-state index in [-0.39, 0.29) is 6.61 Å². The average Bonchev–Trinajstić information content (AvgIpc) is 2.52. The maximum Gasteiger partial charge on any atom is 0.408 e. The Labute approximate surface area is 137 Å². The van der Waals surface area contributed by atoms with Gasteiger partial charge in [0.15, 0.2) is 0 Å². The van der Waals surface area contributed by atoms with E-state index in [1.54, 1.807) is 24.3 Å². The Morgan fingerprint density at radius 2 is 1.71 bits per heavy atom. The molecule has 1 aromatic rings. The van der Waals surface area contributed by atoms with Crippen molar-refractivity contribution in [3.63, 3.8) is 0 Å². The van der Waals surface area contributed by atoms with Crippen LogP contribution in [0, 0.1) is 0 Å². The zero-order valence-electron chi connectivity index (χ0n) is 12.9. The summed E-state index contributed by atoms with van der Waals surface area (Å²) in [4.78, 5) is 44.9. The van der Waals surface area contributed by atoms with E-state index in [2.05, 4.69) is 5.32 Å². The van der Waals surface area contributed by atoms with Crippen LogP contribution in [0.25, 0.3) is 0 Å². The first-order chi connectivity index (χ1) is 11.3. The van der Waals surface area contributed by atoms with Crippen molar-refractivity contribution in [2.45, 2.75) is 32.0 Å². The lowest BCUT2D eigenvalue weighted by Gasteiger charge is -2.17. The molecule has 0 aliphatic carbocycles. The molecule has 0 radical (unpaired) electrons. The van der Waals surface area contributed by atoms with Gasteiger partial charge in [-0.1, -0.05) is 30.3 Å². The fourth-order valence-corrected chi connectivity index (χ4v) is 1.68. The van der Waals surface area contributed by atoms with Crippen LogP contribution < -0.4 is 10.6 Å². The van der Waals surface area contributed by atoms with Gasteiger partial charge in [0.1, 0.15) is 18.7 Å². The molecule has 0 saturated heterocycles. The standard InChI is InChI=1S/C15H18N2O7/c1-9(13(20)17-11(14(21)22)7-12(18)19)16-15(23)24-8-10-5-3-2-4-6-10/h2-6,9,11H,7-8H2,1H3,(H,16,23)(H,17,20)(H,18,19)(H,21,22)/t9-,11+/m1/s1. The molecule has 9 heteroatoms. The van der Waals surface area contributed by atoms with Gasteiger partial charge in [0.2, 0.25) is 5.91 Å². The van der Waals surface area contributed by atoms with Crippen LogP contribution in [0.3, 0.4) is 0 Å². The van der Waals surface area contributed by atoms with Crippen LogP contribution >= 0.6 is 0 Å². The maximum atomic E-state index is 11.8. The van der Waals surface area contributed by atoms with Crippen LogP contribution in [-0.4, -0.2) is 46.2 Å². The van der Waals surface area contributed by atoms with E-state index in [1.807, 2.05) is 11.4 Å². The minimum Gasteiger partial charge on any atom is -0.481 e. The molecule has 2 atom stereocenters. The molecule has 130 valence electrons.